The van der Waals surface area contributed by atoms with Crippen LogP contribution in [0.4, 0.5) is 4.79 Å². The first kappa shape index (κ1) is 18.8. The van der Waals surface area contributed by atoms with Crippen molar-refractivity contribution in [2.24, 2.45) is 0 Å². The van der Waals surface area contributed by atoms with E-state index in [0.717, 1.165) is 5.56 Å². The van der Waals surface area contributed by atoms with Crippen LogP contribution in [0.15, 0.2) is 18.2 Å². The summed E-state index contributed by atoms with van der Waals surface area (Å²) in [7, 11) is 0. The molecule has 1 unspecified atom stereocenters. The molecule has 0 heterocycles. The molecule has 3 N–H and O–H groups in total. The maximum atomic E-state index is 11.8. The lowest BCUT2D eigenvalue weighted by Gasteiger charge is -2.22. The van der Waals surface area contributed by atoms with Gasteiger partial charge in [-0.05, 0) is 43.9 Å². The number of carbonyl (C=O) groups is 2. The molecule has 0 saturated heterocycles. The molecule has 23 heavy (non-hydrogen) atoms. The number of phenolic OH excluding ortho intramolecular Hbond substituents is 1. The normalized spacial score (nSPS) is 12.8. The quantitative estimate of drug-likeness (QED) is 0.774. The van der Waals surface area contributed by atoms with Gasteiger partial charge in [-0.25, -0.2) is 9.59 Å². The predicted molar refractivity (Wildman–Crippen MR) is 86.7 cm³/mol. The zero-order valence-electron chi connectivity index (χ0n) is 14.2. The minimum Gasteiger partial charge on any atom is -0.508 e. The largest absolute Gasteiger partial charge is 0.508 e. The Balaban J connectivity index is 2.90. The van der Waals surface area contributed by atoms with E-state index in [0.29, 0.717) is 5.56 Å². The third kappa shape index (κ3) is 6.18. The molecule has 0 radical (unpaired) electrons. The Kier molecular flexibility index (Phi) is 6.01. The molecule has 6 nitrogen and oxygen atoms in total. The average molecular weight is 323 g/mol. The molecule has 1 atom stereocenters. The molecule has 1 rings (SSSR count). The Morgan fingerprint density at radius 3 is 2.35 bits per heavy atom. The number of phenols is 1. The van der Waals surface area contributed by atoms with E-state index in [-0.39, 0.29) is 18.1 Å². The predicted octanol–water partition coefficient (Wildman–Crippen LogP) is 3.04. The molecule has 128 valence electrons. The number of carbonyl (C=O) groups excluding carboxylic acids is 1. The highest BCUT2D eigenvalue weighted by Crippen LogP contribution is 2.24. The molecule has 6 heteroatoms. The number of ether oxygens (including phenoxy) is 1. The van der Waals surface area contributed by atoms with Crippen LogP contribution in [-0.2, 0) is 16.0 Å². The van der Waals surface area contributed by atoms with Gasteiger partial charge in [-0.2, -0.15) is 0 Å². The maximum absolute atomic E-state index is 11.8. The Morgan fingerprint density at radius 1 is 1.26 bits per heavy atom. The summed E-state index contributed by atoms with van der Waals surface area (Å²) in [6.45, 7) is 9.09. The summed E-state index contributed by atoms with van der Waals surface area (Å²) in [5, 5.41) is 21.6. The number of alkyl carbamates (subject to hydrolysis) is 1. The van der Waals surface area contributed by atoms with E-state index in [1.165, 1.54) is 6.07 Å². The van der Waals surface area contributed by atoms with E-state index in [2.05, 4.69) is 5.32 Å². The maximum Gasteiger partial charge on any atom is 0.408 e. The molecular formula is C17H25NO5. The number of rotatable bonds is 5. The van der Waals surface area contributed by atoms with Crippen molar-refractivity contribution in [3.8, 4) is 5.75 Å². The van der Waals surface area contributed by atoms with E-state index in [1.54, 1.807) is 32.9 Å². The highest BCUT2D eigenvalue weighted by Gasteiger charge is 2.25. The number of aromatic hydroxyl groups is 1. The van der Waals surface area contributed by atoms with Crippen molar-refractivity contribution < 1.29 is 24.5 Å². The number of amides is 1. The third-order valence-electron chi connectivity index (χ3n) is 3.18. The first-order chi connectivity index (χ1) is 10.5. The fraction of sp³-hybridized carbons (Fsp3) is 0.529. The van der Waals surface area contributed by atoms with Gasteiger partial charge in [-0.3, -0.25) is 0 Å². The number of hydrogen-bond acceptors (Lipinski definition) is 4. The molecule has 1 aromatic carbocycles. The molecule has 0 saturated carbocycles. The van der Waals surface area contributed by atoms with Crippen LogP contribution >= 0.6 is 0 Å². The van der Waals surface area contributed by atoms with E-state index in [4.69, 9.17) is 4.74 Å². The van der Waals surface area contributed by atoms with Gasteiger partial charge in [-0.15, -0.1) is 0 Å². The molecule has 0 fully saturated rings. The van der Waals surface area contributed by atoms with Crippen molar-refractivity contribution in [1.29, 1.82) is 0 Å². The lowest BCUT2D eigenvalue weighted by Crippen LogP contribution is -2.44. The highest BCUT2D eigenvalue weighted by molar-refractivity contribution is 5.80. The fourth-order valence-electron chi connectivity index (χ4n) is 2.00. The second-order valence-corrected chi connectivity index (χ2v) is 6.78. The van der Waals surface area contributed by atoms with E-state index in [9.17, 15) is 19.8 Å². The standard InChI is InChI=1S/C17H25NO5/c1-10(2)11-6-7-14(19)12(8-11)9-13(15(20)21)18-16(22)23-17(3,4)5/h6-8,10,13,19H,9H2,1-5H3,(H,18,22)(H,20,21). The first-order valence-corrected chi connectivity index (χ1v) is 7.53. The third-order valence-corrected chi connectivity index (χ3v) is 3.18. The second kappa shape index (κ2) is 7.35. The molecule has 0 aliphatic heterocycles. The van der Waals surface area contributed by atoms with Gasteiger partial charge >= 0.3 is 12.1 Å². The molecule has 0 aliphatic carbocycles. The van der Waals surface area contributed by atoms with E-state index >= 15 is 0 Å². The van der Waals surface area contributed by atoms with Crippen LogP contribution in [0.2, 0.25) is 0 Å². The SMILES string of the molecule is CC(C)c1ccc(O)c(CC(NC(=O)OC(C)(C)C)C(=O)O)c1. The average Bonchev–Trinajstić information content (AvgIpc) is 2.37. The Bertz CT molecular complexity index is 575. The van der Waals surface area contributed by atoms with Gasteiger partial charge in [0.25, 0.3) is 0 Å². The van der Waals surface area contributed by atoms with Gasteiger partial charge in [-0.1, -0.05) is 26.0 Å². The fourth-order valence-corrected chi connectivity index (χ4v) is 2.00. The lowest BCUT2D eigenvalue weighted by atomic mass is 9.97. The summed E-state index contributed by atoms with van der Waals surface area (Å²) in [5.41, 5.74) is 0.742. The molecule has 1 aromatic rings. The molecule has 0 spiro atoms. The van der Waals surface area contributed by atoms with Crippen molar-refractivity contribution in [2.45, 2.75) is 58.6 Å². The van der Waals surface area contributed by atoms with Gasteiger partial charge < -0.3 is 20.3 Å². The van der Waals surface area contributed by atoms with Crippen LogP contribution in [0.5, 0.6) is 5.75 Å². The molecule has 0 aromatic heterocycles. The van der Waals surface area contributed by atoms with Crippen LogP contribution in [0.1, 0.15) is 51.7 Å². The molecule has 0 aliphatic rings. The summed E-state index contributed by atoms with van der Waals surface area (Å²) >= 11 is 0. The number of hydrogen-bond donors (Lipinski definition) is 3. The number of nitrogens with one attached hydrogen (secondary N) is 1. The van der Waals surface area contributed by atoms with Gasteiger partial charge in [0.2, 0.25) is 0 Å². The van der Waals surface area contributed by atoms with E-state index < -0.39 is 23.7 Å². The summed E-state index contributed by atoms with van der Waals surface area (Å²) < 4.78 is 5.07. The number of carboxylic acids is 1. The lowest BCUT2D eigenvalue weighted by molar-refractivity contribution is -0.139. The second-order valence-electron chi connectivity index (χ2n) is 6.78. The molecule has 0 bridgehead atoms. The van der Waals surface area contributed by atoms with Crippen LogP contribution in [0.3, 0.4) is 0 Å². The van der Waals surface area contributed by atoms with Crippen molar-refractivity contribution in [2.75, 3.05) is 0 Å². The smallest absolute Gasteiger partial charge is 0.408 e. The van der Waals surface area contributed by atoms with Crippen molar-refractivity contribution in [1.82, 2.24) is 5.32 Å². The van der Waals surface area contributed by atoms with Gasteiger partial charge in [0, 0.05) is 6.42 Å². The number of aliphatic carboxylic acids is 1. The van der Waals surface area contributed by atoms with Crippen molar-refractivity contribution >= 4 is 12.1 Å². The van der Waals surface area contributed by atoms with Crippen molar-refractivity contribution in [3.05, 3.63) is 29.3 Å². The monoisotopic (exact) mass is 323 g/mol. The summed E-state index contributed by atoms with van der Waals surface area (Å²) in [5.74, 6) is -0.937. The minimum absolute atomic E-state index is 0.00615. The number of benzene rings is 1. The molecule has 1 amide bonds. The summed E-state index contributed by atoms with van der Waals surface area (Å²) in [4.78, 5) is 23.1. The zero-order valence-corrected chi connectivity index (χ0v) is 14.2. The Labute approximate surface area is 136 Å². The summed E-state index contributed by atoms with van der Waals surface area (Å²) in [6.07, 6.45) is -0.828. The van der Waals surface area contributed by atoms with Gasteiger partial charge in [0.1, 0.15) is 17.4 Å². The van der Waals surface area contributed by atoms with Crippen LogP contribution in [0, 0.1) is 0 Å². The minimum atomic E-state index is -1.19. The summed E-state index contributed by atoms with van der Waals surface area (Å²) in [6, 6.07) is 3.91. The van der Waals surface area contributed by atoms with Crippen molar-refractivity contribution in [3.63, 3.8) is 0 Å². The van der Waals surface area contributed by atoms with E-state index in [1.807, 2.05) is 13.8 Å². The zero-order chi connectivity index (χ0) is 17.8. The Hall–Kier alpha value is -2.24. The Morgan fingerprint density at radius 2 is 1.87 bits per heavy atom. The highest BCUT2D eigenvalue weighted by atomic mass is 16.6. The number of carboxylic acid groups (broad SMARTS) is 1. The topological polar surface area (TPSA) is 95.9 Å². The van der Waals surface area contributed by atoms with Gasteiger partial charge in [0.15, 0.2) is 0 Å². The van der Waals surface area contributed by atoms with Crippen LogP contribution in [-0.4, -0.2) is 33.9 Å². The van der Waals surface area contributed by atoms with Crippen LogP contribution < -0.4 is 5.32 Å². The first-order valence-electron chi connectivity index (χ1n) is 7.53. The van der Waals surface area contributed by atoms with Gasteiger partial charge in [0.05, 0.1) is 0 Å². The molecular weight excluding hydrogens is 298 g/mol. The van der Waals surface area contributed by atoms with Crippen LogP contribution in [0.25, 0.3) is 0 Å².